The highest BCUT2D eigenvalue weighted by atomic mass is 35.5. The zero-order chi connectivity index (χ0) is 27.9. The Morgan fingerprint density at radius 2 is 1.65 bits per heavy atom. The molecule has 3 heterocycles. The van der Waals surface area contributed by atoms with Gasteiger partial charge >= 0.3 is 6.36 Å². The standard InChI is InChI=1S/C31H29ClF3N3O2/c32-24-15-18-38-27(19-24)29(30(36-38)23-4-5-23)28(39)12-3-20-1-8-25(9-2-20)37-16-13-22(14-17-37)21-6-10-26(11-7-21)40-31(33,34)35/h1-2,6-11,15,18-19,22-23H,3-5,12-14,16-17H2. The predicted molar refractivity (Wildman–Crippen MR) is 149 cm³/mol. The van der Waals surface area contributed by atoms with Gasteiger partial charge in [0.2, 0.25) is 0 Å². The van der Waals surface area contributed by atoms with Crippen molar-refractivity contribution in [3.05, 3.63) is 94.3 Å². The highest BCUT2D eigenvalue weighted by Crippen LogP contribution is 2.42. The molecule has 0 atom stereocenters. The first-order valence-corrected chi connectivity index (χ1v) is 14.0. The Bertz CT molecular complexity index is 1500. The number of Topliss-reactive ketones (excluding diaryl/α,β-unsaturated/α-hetero) is 1. The molecule has 9 heteroatoms. The Hall–Kier alpha value is -3.52. The number of aryl methyl sites for hydroxylation is 1. The van der Waals surface area contributed by atoms with Crippen molar-refractivity contribution in [3.8, 4) is 5.75 Å². The van der Waals surface area contributed by atoms with Gasteiger partial charge in [-0.15, -0.1) is 13.2 Å². The van der Waals surface area contributed by atoms with Crippen molar-refractivity contribution < 1.29 is 22.7 Å². The third-order valence-electron chi connectivity index (χ3n) is 7.89. The molecule has 0 amide bonds. The van der Waals surface area contributed by atoms with E-state index in [1.54, 1.807) is 22.7 Å². The fourth-order valence-corrected chi connectivity index (χ4v) is 5.80. The van der Waals surface area contributed by atoms with E-state index in [0.29, 0.717) is 35.3 Å². The zero-order valence-corrected chi connectivity index (χ0v) is 22.6. The number of aromatic nitrogens is 2. The van der Waals surface area contributed by atoms with Gasteiger partial charge in [0.1, 0.15) is 5.75 Å². The molecule has 6 rings (SSSR count). The normalized spacial score (nSPS) is 16.4. The summed E-state index contributed by atoms with van der Waals surface area (Å²) in [7, 11) is 0. The maximum atomic E-state index is 13.3. The van der Waals surface area contributed by atoms with Crippen LogP contribution in [0.15, 0.2) is 66.9 Å². The second-order valence-corrected chi connectivity index (χ2v) is 11.1. The Morgan fingerprint density at radius 1 is 0.950 bits per heavy atom. The van der Waals surface area contributed by atoms with Crippen LogP contribution >= 0.6 is 11.6 Å². The van der Waals surface area contributed by atoms with Crippen molar-refractivity contribution in [2.75, 3.05) is 18.0 Å². The van der Waals surface area contributed by atoms with Gasteiger partial charge in [0.05, 0.1) is 16.8 Å². The van der Waals surface area contributed by atoms with E-state index in [4.69, 9.17) is 11.6 Å². The van der Waals surface area contributed by atoms with Crippen molar-refractivity contribution in [1.82, 2.24) is 9.61 Å². The number of ether oxygens (including phenoxy) is 1. The molecule has 2 aliphatic rings. The summed E-state index contributed by atoms with van der Waals surface area (Å²) in [6, 6.07) is 18.2. The smallest absolute Gasteiger partial charge is 0.406 e. The van der Waals surface area contributed by atoms with Crippen molar-refractivity contribution in [3.63, 3.8) is 0 Å². The first kappa shape index (κ1) is 26.7. The summed E-state index contributed by atoms with van der Waals surface area (Å²) in [4.78, 5) is 15.7. The number of halogens is 4. The molecule has 5 nitrogen and oxygen atoms in total. The lowest BCUT2D eigenvalue weighted by Crippen LogP contribution is -2.32. The molecule has 2 fully saturated rings. The molecule has 208 valence electrons. The van der Waals surface area contributed by atoms with E-state index in [1.807, 2.05) is 12.3 Å². The minimum absolute atomic E-state index is 0.100. The maximum absolute atomic E-state index is 13.3. The molecule has 0 unspecified atom stereocenters. The lowest BCUT2D eigenvalue weighted by Gasteiger charge is -2.34. The van der Waals surface area contributed by atoms with E-state index in [2.05, 4.69) is 39.0 Å². The van der Waals surface area contributed by atoms with Gasteiger partial charge in [0, 0.05) is 42.3 Å². The number of carbonyl (C=O) groups excluding carboxylic acids is 1. The molecule has 2 aromatic heterocycles. The van der Waals surface area contributed by atoms with Gasteiger partial charge in [-0.2, -0.15) is 5.10 Å². The minimum Gasteiger partial charge on any atom is -0.406 e. The summed E-state index contributed by atoms with van der Waals surface area (Å²) in [5.41, 5.74) is 5.67. The predicted octanol–water partition coefficient (Wildman–Crippen LogP) is 7.96. The second kappa shape index (κ2) is 10.8. The molecule has 1 saturated heterocycles. The van der Waals surface area contributed by atoms with Gasteiger partial charge in [-0.1, -0.05) is 35.9 Å². The summed E-state index contributed by atoms with van der Waals surface area (Å²) in [5.74, 6) is 0.575. The van der Waals surface area contributed by atoms with Crippen LogP contribution in [0.4, 0.5) is 18.9 Å². The van der Waals surface area contributed by atoms with Crippen LogP contribution in [0.2, 0.25) is 5.02 Å². The van der Waals surface area contributed by atoms with Crippen molar-refractivity contribution in [1.29, 1.82) is 0 Å². The highest BCUT2D eigenvalue weighted by molar-refractivity contribution is 6.31. The van der Waals surface area contributed by atoms with Crippen molar-refractivity contribution >= 4 is 28.6 Å². The number of hydrogen-bond donors (Lipinski definition) is 0. The lowest BCUT2D eigenvalue weighted by atomic mass is 9.89. The molecule has 0 radical (unpaired) electrons. The Balaban J connectivity index is 1.04. The zero-order valence-electron chi connectivity index (χ0n) is 21.8. The first-order valence-electron chi connectivity index (χ1n) is 13.6. The van der Waals surface area contributed by atoms with Gasteiger partial charge in [0.25, 0.3) is 0 Å². The van der Waals surface area contributed by atoms with Crippen molar-refractivity contribution in [2.45, 2.75) is 56.7 Å². The minimum atomic E-state index is -4.68. The largest absolute Gasteiger partial charge is 0.573 e. The summed E-state index contributed by atoms with van der Waals surface area (Å²) in [5, 5.41) is 5.28. The second-order valence-electron chi connectivity index (χ2n) is 10.7. The Kier molecular flexibility index (Phi) is 7.21. The highest BCUT2D eigenvalue weighted by Gasteiger charge is 2.33. The topological polar surface area (TPSA) is 46.8 Å². The number of pyridine rings is 1. The van der Waals surface area contributed by atoms with Crippen LogP contribution in [0.3, 0.4) is 0 Å². The third-order valence-corrected chi connectivity index (χ3v) is 8.12. The quantitative estimate of drug-likeness (QED) is 0.203. The monoisotopic (exact) mass is 567 g/mol. The number of fused-ring (bicyclic) bond motifs is 1. The van der Waals surface area contributed by atoms with Crippen LogP contribution < -0.4 is 9.64 Å². The van der Waals surface area contributed by atoms with Crippen LogP contribution in [0, 0.1) is 0 Å². The van der Waals surface area contributed by atoms with Gasteiger partial charge in [-0.05, 0) is 85.5 Å². The van der Waals surface area contributed by atoms with E-state index < -0.39 is 6.36 Å². The number of hydrogen-bond acceptors (Lipinski definition) is 4. The third kappa shape index (κ3) is 5.97. The first-order chi connectivity index (χ1) is 19.2. The van der Waals surface area contributed by atoms with E-state index in [1.165, 1.54) is 12.1 Å². The molecule has 0 N–H and O–H groups in total. The molecule has 0 bridgehead atoms. The average Bonchev–Trinajstić information content (AvgIpc) is 3.72. The molecule has 4 aromatic rings. The number of carbonyl (C=O) groups is 1. The van der Waals surface area contributed by atoms with E-state index in [9.17, 15) is 18.0 Å². The van der Waals surface area contributed by atoms with Crippen molar-refractivity contribution in [2.24, 2.45) is 0 Å². The number of nitrogens with zero attached hydrogens (tertiary/aromatic N) is 3. The van der Waals surface area contributed by atoms with Gasteiger partial charge in [-0.3, -0.25) is 4.79 Å². The molecule has 2 aromatic carbocycles. The number of piperidine rings is 1. The van der Waals surface area contributed by atoms with Crippen LogP contribution in [0.25, 0.3) is 5.52 Å². The number of benzene rings is 2. The van der Waals surface area contributed by atoms with E-state index in [-0.39, 0.29) is 11.5 Å². The summed E-state index contributed by atoms with van der Waals surface area (Å²) in [6.07, 6.45) is 2.17. The fraction of sp³-hybridized carbons (Fsp3) is 0.355. The van der Waals surface area contributed by atoms with Crippen LogP contribution in [0.1, 0.15) is 71.1 Å². The Morgan fingerprint density at radius 3 is 2.30 bits per heavy atom. The fourth-order valence-electron chi connectivity index (χ4n) is 5.64. The Labute approximate surface area is 235 Å². The number of anilines is 1. The van der Waals surface area contributed by atoms with Crippen LogP contribution in [-0.4, -0.2) is 34.8 Å². The van der Waals surface area contributed by atoms with Gasteiger partial charge in [-0.25, -0.2) is 4.52 Å². The summed E-state index contributed by atoms with van der Waals surface area (Å²) in [6.45, 7) is 1.73. The molecule has 1 aliphatic carbocycles. The average molecular weight is 568 g/mol. The van der Waals surface area contributed by atoms with Gasteiger partial charge < -0.3 is 9.64 Å². The van der Waals surface area contributed by atoms with Crippen LogP contribution in [-0.2, 0) is 6.42 Å². The molecular weight excluding hydrogens is 539 g/mol. The molecule has 1 aliphatic heterocycles. The molecule has 0 spiro atoms. The number of rotatable bonds is 8. The number of ketones is 1. The molecular formula is C31H29ClF3N3O2. The SMILES string of the molecule is O=C(CCc1ccc(N2CCC(c3ccc(OC(F)(F)F)cc3)CC2)cc1)c1c(C2CC2)nn2ccc(Cl)cc12. The number of alkyl halides is 3. The van der Waals surface area contributed by atoms with E-state index >= 15 is 0 Å². The van der Waals surface area contributed by atoms with E-state index in [0.717, 1.165) is 66.8 Å². The lowest BCUT2D eigenvalue weighted by molar-refractivity contribution is -0.274. The summed E-state index contributed by atoms with van der Waals surface area (Å²) >= 11 is 6.22. The van der Waals surface area contributed by atoms with Crippen LogP contribution in [0.5, 0.6) is 5.75 Å². The maximum Gasteiger partial charge on any atom is 0.573 e. The molecule has 40 heavy (non-hydrogen) atoms. The molecule has 1 saturated carbocycles. The summed E-state index contributed by atoms with van der Waals surface area (Å²) < 4.78 is 43.0. The van der Waals surface area contributed by atoms with Gasteiger partial charge in [0.15, 0.2) is 5.78 Å².